The van der Waals surface area contributed by atoms with Crippen LogP contribution in [0.5, 0.6) is 0 Å². The van der Waals surface area contributed by atoms with Gasteiger partial charge in [0.25, 0.3) is 5.89 Å². The number of nitrogens with zero attached hydrogens (tertiary/aromatic N) is 2. The van der Waals surface area contributed by atoms with Gasteiger partial charge in [-0.2, -0.15) is 0 Å². The molecule has 0 radical (unpaired) electrons. The number of unbranched alkanes of at least 4 members (excludes halogenated alkanes) is 1. The first-order valence-corrected chi connectivity index (χ1v) is 19.0. The van der Waals surface area contributed by atoms with Crippen molar-refractivity contribution >= 4 is 40.4 Å². The van der Waals surface area contributed by atoms with Gasteiger partial charge in [0, 0.05) is 37.6 Å². The molecule has 51 heavy (non-hydrogen) atoms. The zero-order valence-corrected chi connectivity index (χ0v) is 29.6. The van der Waals surface area contributed by atoms with Gasteiger partial charge in [-0.1, -0.05) is 49.9 Å². The summed E-state index contributed by atoms with van der Waals surface area (Å²) in [4.78, 5) is 60.2. The number of hydrogen-bond acceptors (Lipinski definition) is 9. The molecule has 3 fully saturated rings. The molecular weight excluding hydrogens is 648 g/mol. The largest absolute Gasteiger partial charge is 0.446 e. The molecule has 0 spiro atoms. The Morgan fingerprint density at radius 3 is 2.41 bits per heavy atom. The molecule has 3 aliphatic rings. The number of rotatable bonds is 16. The molecular formula is C40H52N4O7. The van der Waals surface area contributed by atoms with Gasteiger partial charge in [-0.25, -0.2) is 9.78 Å². The van der Waals surface area contributed by atoms with Crippen LogP contribution in [-0.4, -0.2) is 71.4 Å². The second kappa shape index (κ2) is 17.9. The standard InChI is InChI=1S/C40H52N4O7/c41-21-9-8-12-29(38(47)39-43-33-15-6-7-16-36(33)51-39)23-35(45)34-24-32(49-26-28-10-2-1-3-11-28)25-44(34)37(46)22-27-17-19-30(20-18-27)42-40(48)50-31-13-4-5-14-31/h6-7,15-20,28-29,31-32,34H,1-5,8-14,21-26,41H2,(H,42,48)/t29-,32-,34+/m1/s1. The van der Waals surface area contributed by atoms with E-state index in [1.807, 2.05) is 12.1 Å². The van der Waals surface area contributed by atoms with Crippen molar-refractivity contribution in [3.05, 3.63) is 60.0 Å². The maximum Gasteiger partial charge on any atom is 0.411 e. The van der Waals surface area contributed by atoms with Crippen LogP contribution in [-0.2, 0) is 25.5 Å². The zero-order chi connectivity index (χ0) is 35.6. The lowest BCUT2D eigenvalue weighted by molar-refractivity contribution is -0.137. The Balaban J connectivity index is 1.13. The Morgan fingerprint density at radius 2 is 1.67 bits per heavy atom. The van der Waals surface area contributed by atoms with Crippen LogP contribution < -0.4 is 11.1 Å². The highest BCUT2D eigenvalue weighted by Crippen LogP contribution is 2.30. The molecule has 1 aromatic heterocycles. The molecule has 2 heterocycles. The predicted octanol–water partition coefficient (Wildman–Crippen LogP) is 7.02. The van der Waals surface area contributed by atoms with Crippen molar-refractivity contribution in [1.82, 2.24) is 9.88 Å². The fraction of sp³-hybridized carbons (Fsp3) is 0.575. The number of carbonyl (C=O) groups excluding carboxylic acids is 4. The number of anilines is 1. The molecule has 0 bridgehead atoms. The molecule has 274 valence electrons. The monoisotopic (exact) mass is 700 g/mol. The van der Waals surface area contributed by atoms with Gasteiger partial charge in [-0.3, -0.25) is 19.7 Å². The van der Waals surface area contributed by atoms with E-state index in [1.165, 1.54) is 19.3 Å². The van der Waals surface area contributed by atoms with Crippen LogP contribution in [0.2, 0.25) is 0 Å². The van der Waals surface area contributed by atoms with Crippen LogP contribution in [0.1, 0.15) is 106 Å². The van der Waals surface area contributed by atoms with Crippen LogP contribution in [0.25, 0.3) is 11.1 Å². The summed E-state index contributed by atoms with van der Waals surface area (Å²) in [5.41, 5.74) is 8.22. The first kappa shape index (κ1) is 36.7. The maximum absolute atomic E-state index is 14.2. The molecule has 2 amide bonds. The highest BCUT2D eigenvalue weighted by Gasteiger charge is 2.41. The molecule has 11 heteroatoms. The summed E-state index contributed by atoms with van der Waals surface area (Å²) in [6.45, 7) is 1.44. The highest BCUT2D eigenvalue weighted by molar-refractivity contribution is 5.99. The molecule has 1 saturated heterocycles. The molecule has 2 aromatic carbocycles. The molecule has 2 aliphatic carbocycles. The molecule has 1 aliphatic heterocycles. The quantitative estimate of drug-likeness (QED) is 0.119. The summed E-state index contributed by atoms with van der Waals surface area (Å²) in [6.07, 6.45) is 11.5. The van der Waals surface area contributed by atoms with E-state index in [4.69, 9.17) is 19.6 Å². The second-order valence-electron chi connectivity index (χ2n) is 14.6. The Kier molecular flexibility index (Phi) is 12.9. The van der Waals surface area contributed by atoms with Crippen molar-refractivity contribution in [2.75, 3.05) is 25.0 Å². The molecule has 2 saturated carbocycles. The molecule has 3 N–H and O–H groups in total. The summed E-state index contributed by atoms with van der Waals surface area (Å²) >= 11 is 0. The Hall–Kier alpha value is -4.09. The Morgan fingerprint density at radius 1 is 0.922 bits per heavy atom. The third-order valence-corrected chi connectivity index (χ3v) is 10.7. The number of nitrogens with two attached hydrogens (primary N) is 1. The number of oxazole rings is 1. The average Bonchev–Trinajstić information content (AvgIpc) is 3.92. The predicted molar refractivity (Wildman–Crippen MR) is 193 cm³/mol. The van der Waals surface area contributed by atoms with Gasteiger partial charge in [-0.15, -0.1) is 0 Å². The van der Waals surface area contributed by atoms with Gasteiger partial charge in [0.2, 0.25) is 11.7 Å². The summed E-state index contributed by atoms with van der Waals surface area (Å²) < 4.78 is 17.7. The Labute approximate surface area is 300 Å². The number of Topliss-reactive ketones (excluding diaryl/α,β-unsaturated/α-hetero) is 2. The number of ether oxygens (including phenoxy) is 2. The smallest absolute Gasteiger partial charge is 0.411 e. The van der Waals surface area contributed by atoms with E-state index in [-0.39, 0.29) is 48.4 Å². The lowest BCUT2D eigenvalue weighted by Crippen LogP contribution is -2.42. The average molecular weight is 701 g/mol. The van der Waals surface area contributed by atoms with Crippen LogP contribution >= 0.6 is 0 Å². The van der Waals surface area contributed by atoms with Gasteiger partial charge >= 0.3 is 6.09 Å². The van der Waals surface area contributed by atoms with E-state index in [2.05, 4.69) is 10.3 Å². The first-order chi connectivity index (χ1) is 24.9. The fourth-order valence-electron chi connectivity index (χ4n) is 7.80. The first-order valence-electron chi connectivity index (χ1n) is 19.0. The third-order valence-electron chi connectivity index (χ3n) is 10.7. The number of carbonyl (C=O) groups is 4. The SMILES string of the molecule is NCCCC[C@H](CC(=O)[C@@H]1C[C@@H](OCC2CCCCC2)CN1C(=O)Cc1ccc(NC(=O)OC2CCCC2)cc1)C(=O)c1nc2ccccc2o1. The number of ketones is 2. The van der Waals surface area contributed by atoms with Crippen molar-refractivity contribution in [1.29, 1.82) is 0 Å². The normalized spacial score (nSPS) is 20.5. The number of nitrogens with one attached hydrogen (secondary N) is 1. The molecule has 11 nitrogen and oxygen atoms in total. The van der Waals surface area contributed by atoms with Crippen molar-refractivity contribution < 1.29 is 33.1 Å². The molecule has 0 unspecified atom stereocenters. The minimum atomic E-state index is -0.700. The number of amides is 2. The van der Waals surface area contributed by atoms with E-state index in [9.17, 15) is 19.2 Å². The summed E-state index contributed by atoms with van der Waals surface area (Å²) in [6, 6.07) is 13.6. The van der Waals surface area contributed by atoms with Crippen molar-refractivity contribution in [3.63, 3.8) is 0 Å². The van der Waals surface area contributed by atoms with Crippen LogP contribution in [0, 0.1) is 11.8 Å². The lowest BCUT2D eigenvalue weighted by atomic mass is 9.89. The van der Waals surface area contributed by atoms with E-state index in [0.717, 1.165) is 50.5 Å². The van der Waals surface area contributed by atoms with Gasteiger partial charge < -0.3 is 24.5 Å². The van der Waals surface area contributed by atoms with Crippen LogP contribution in [0.4, 0.5) is 10.5 Å². The summed E-state index contributed by atoms with van der Waals surface area (Å²) in [5, 5.41) is 2.77. The number of benzene rings is 2. The minimum absolute atomic E-state index is 0.000435. The zero-order valence-electron chi connectivity index (χ0n) is 29.6. The fourth-order valence-corrected chi connectivity index (χ4v) is 7.80. The van der Waals surface area contributed by atoms with Gasteiger partial charge in [0.1, 0.15) is 11.6 Å². The number of fused-ring (bicyclic) bond motifs is 1. The number of para-hydroxylation sites is 2. The van der Waals surface area contributed by atoms with E-state index in [1.54, 1.807) is 41.3 Å². The third kappa shape index (κ3) is 10.0. The minimum Gasteiger partial charge on any atom is -0.446 e. The highest BCUT2D eigenvalue weighted by atomic mass is 16.6. The van der Waals surface area contributed by atoms with E-state index in [0.29, 0.717) is 61.7 Å². The second-order valence-corrected chi connectivity index (χ2v) is 14.6. The molecule has 3 atom stereocenters. The topological polar surface area (TPSA) is 154 Å². The summed E-state index contributed by atoms with van der Waals surface area (Å²) in [7, 11) is 0. The van der Waals surface area contributed by atoms with Gasteiger partial charge in [0.05, 0.1) is 18.6 Å². The summed E-state index contributed by atoms with van der Waals surface area (Å²) in [5.74, 6) is -0.784. The van der Waals surface area contributed by atoms with Crippen molar-refractivity contribution in [2.45, 2.75) is 115 Å². The van der Waals surface area contributed by atoms with Gasteiger partial charge in [0.15, 0.2) is 11.4 Å². The Bertz CT molecular complexity index is 1590. The van der Waals surface area contributed by atoms with Crippen LogP contribution in [0.15, 0.2) is 52.9 Å². The van der Waals surface area contributed by atoms with Crippen molar-refractivity contribution in [3.8, 4) is 0 Å². The lowest BCUT2D eigenvalue weighted by Gasteiger charge is -2.25. The van der Waals surface area contributed by atoms with Gasteiger partial charge in [-0.05, 0) is 93.7 Å². The van der Waals surface area contributed by atoms with Crippen LogP contribution in [0.3, 0.4) is 0 Å². The van der Waals surface area contributed by atoms with E-state index < -0.39 is 18.1 Å². The number of aromatic nitrogens is 1. The molecule has 6 rings (SSSR count). The number of hydrogen-bond donors (Lipinski definition) is 2. The number of likely N-dealkylation sites (tertiary alicyclic amines) is 1. The van der Waals surface area contributed by atoms with Crippen molar-refractivity contribution in [2.24, 2.45) is 17.6 Å². The molecule has 3 aromatic rings. The van der Waals surface area contributed by atoms with E-state index >= 15 is 0 Å². The maximum atomic E-state index is 14.2.